The smallest absolute Gasteiger partial charge is 0.340 e. The van der Waals surface area contributed by atoms with E-state index in [4.69, 9.17) is 18.9 Å². The molecule has 9 nitrogen and oxygen atoms in total. The second kappa shape index (κ2) is 7.63. The van der Waals surface area contributed by atoms with Crippen molar-refractivity contribution >= 4 is 40.3 Å². The Morgan fingerprint density at radius 2 is 1.21 bits per heavy atom. The molecule has 150 valence electrons. The van der Waals surface area contributed by atoms with E-state index in [1.807, 2.05) is 0 Å². The highest BCUT2D eigenvalue weighted by molar-refractivity contribution is 6.20. The summed E-state index contributed by atoms with van der Waals surface area (Å²) >= 11 is 0. The van der Waals surface area contributed by atoms with Crippen LogP contribution < -0.4 is 0 Å². The van der Waals surface area contributed by atoms with Crippen LogP contribution in [0.2, 0.25) is 0 Å². The number of hydrogen-bond acceptors (Lipinski definition) is 8. The SMILES string of the molecule is COC(=O)c1cn2c(c1C(=O)OC)c(C(=O)OC)c(C(=O)OC)c1ccccc12. The van der Waals surface area contributed by atoms with E-state index in [2.05, 4.69) is 0 Å². The summed E-state index contributed by atoms with van der Waals surface area (Å²) in [6.45, 7) is 0. The van der Waals surface area contributed by atoms with E-state index < -0.39 is 23.9 Å². The molecule has 0 aliphatic rings. The van der Waals surface area contributed by atoms with E-state index in [9.17, 15) is 19.2 Å². The van der Waals surface area contributed by atoms with E-state index in [1.165, 1.54) is 17.7 Å². The number of carbonyl (C=O) groups is 4. The van der Waals surface area contributed by atoms with E-state index in [0.717, 1.165) is 21.3 Å². The first-order valence-electron chi connectivity index (χ1n) is 8.34. The zero-order valence-electron chi connectivity index (χ0n) is 16.1. The Kier molecular flexibility index (Phi) is 5.22. The normalized spacial score (nSPS) is 10.6. The maximum Gasteiger partial charge on any atom is 0.340 e. The van der Waals surface area contributed by atoms with Gasteiger partial charge in [-0.25, -0.2) is 19.2 Å². The Morgan fingerprint density at radius 1 is 0.690 bits per heavy atom. The van der Waals surface area contributed by atoms with Crippen LogP contribution in [0.3, 0.4) is 0 Å². The Labute approximate surface area is 164 Å². The third-order valence-electron chi connectivity index (χ3n) is 4.50. The maximum atomic E-state index is 12.7. The molecular formula is C20H17NO8. The minimum absolute atomic E-state index is 0.0248. The van der Waals surface area contributed by atoms with Crippen LogP contribution in [0.1, 0.15) is 41.4 Å². The average Bonchev–Trinajstić information content (AvgIpc) is 3.16. The third-order valence-corrected chi connectivity index (χ3v) is 4.50. The summed E-state index contributed by atoms with van der Waals surface area (Å²) in [5, 5.41) is 0.370. The summed E-state index contributed by atoms with van der Waals surface area (Å²) in [7, 11) is 4.59. The molecule has 0 saturated carbocycles. The lowest BCUT2D eigenvalue weighted by molar-refractivity contribution is 0.0552. The van der Waals surface area contributed by atoms with Gasteiger partial charge in [-0.05, 0) is 6.07 Å². The monoisotopic (exact) mass is 399 g/mol. The summed E-state index contributed by atoms with van der Waals surface area (Å²) < 4.78 is 20.8. The molecule has 3 rings (SSSR count). The summed E-state index contributed by atoms with van der Waals surface area (Å²) in [5.41, 5.74) is -0.248. The van der Waals surface area contributed by atoms with Gasteiger partial charge in [0.2, 0.25) is 0 Å². The molecule has 0 radical (unpaired) electrons. The molecule has 0 atom stereocenters. The number of ether oxygens (including phenoxy) is 4. The molecule has 0 aliphatic carbocycles. The lowest BCUT2D eigenvalue weighted by Crippen LogP contribution is -2.17. The maximum absolute atomic E-state index is 12.7. The van der Waals surface area contributed by atoms with Gasteiger partial charge in [0.1, 0.15) is 5.56 Å². The predicted octanol–water partition coefficient (Wildman–Crippen LogP) is 2.24. The highest BCUT2D eigenvalue weighted by Gasteiger charge is 2.33. The first-order valence-corrected chi connectivity index (χ1v) is 8.34. The Bertz CT molecular complexity index is 1170. The first-order chi connectivity index (χ1) is 13.9. The molecule has 0 fully saturated rings. The van der Waals surface area contributed by atoms with Crippen molar-refractivity contribution in [1.29, 1.82) is 0 Å². The third kappa shape index (κ3) is 2.96. The van der Waals surface area contributed by atoms with Crippen molar-refractivity contribution in [3.05, 3.63) is 52.7 Å². The number of para-hydroxylation sites is 1. The zero-order valence-corrected chi connectivity index (χ0v) is 16.1. The van der Waals surface area contributed by atoms with Gasteiger partial charge in [0.05, 0.1) is 56.2 Å². The first kappa shape index (κ1) is 19.9. The number of esters is 4. The van der Waals surface area contributed by atoms with Crippen LogP contribution in [0.5, 0.6) is 0 Å². The molecule has 0 saturated heterocycles. The quantitative estimate of drug-likeness (QED) is 0.485. The summed E-state index contributed by atoms with van der Waals surface area (Å²) in [5.74, 6) is -3.39. The molecular weight excluding hydrogens is 382 g/mol. The lowest BCUT2D eigenvalue weighted by atomic mass is 9.99. The van der Waals surface area contributed by atoms with Crippen molar-refractivity contribution in [3.63, 3.8) is 0 Å². The minimum Gasteiger partial charge on any atom is -0.465 e. The van der Waals surface area contributed by atoms with Crippen molar-refractivity contribution < 1.29 is 38.1 Å². The average molecular weight is 399 g/mol. The van der Waals surface area contributed by atoms with Crippen molar-refractivity contribution in [3.8, 4) is 0 Å². The molecule has 2 aromatic heterocycles. The highest BCUT2D eigenvalue weighted by Crippen LogP contribution is 2.33. The summed E-state index contributed by atoms with van der Waals surface area (Å²) in [6.07, 6.45) is 1.35. The number of nitrogens with zero attached hydrogens (tertiary/aromatic N) is 1. The van der Waals surface area contributed by atoms with Crippen molar-refractivity contribution in [2.24, 2.45) is 0 Å². The fourth-order valence-electron chi connectivity index (χ4n) is 3.28. The number of pyridine rings is 1. The molecule has 3 aromatic rings. The van der Waals surface area contributed by atoms with E-state index in [1.54, 1.807) is 24.3 Å². The van der Waals surface area contributed by atoms with E-state index in [-0.39, 0.29) is 27.8 Å². The topological polar surface area (TPSA) is 110 Å². The number of carbonyl (C=O) groups excluding carboxylic acids is 4. The molecule has 0 aliphatic heterocycles. The van der Waals surface area contributed by atoms with Crippen molar-refractivity contribution in [1.82, 2.24) is 4.40 Å². The van der Waals surface area contributed by atoms with Crippen LogP contribution >= 0.6 is 0 Å². The number of hydrogen-bond donors (Lipinski definition) is 0. The van der Waals surface area contributed by atoms with Crippen LogP contribution in [0.25, 0.3) is 16.4 Å². The molecule has 2 heterocycles. The molecule has 0 spiro atoms. The fraction of sp³-hybridized carbons (Fsp3) is 0.200. The van der Waals surface area contributed by atoms with Gasteiger partial charge in [0.15, 0.2) is 0 Å². The lowest BCUT2D eigenvalue weighted by Gasteiger charge is -2.14. The molecule has 0 bridgehead atoms. The number of fused-ring (bicyclic) bond motifs is 3. The Morgan fingerprint density at radius 3 is 1.79 bits per heavy atom. The summed E-state index contributed by atoms with van der Waals surface area (Å²) in [4.78, 5) is 50.2. The van der Waals surface area contributed by atoms with E-state index in [0.29, 0.717) is 10.9 Å². The molecule has 0 unspecified atom stereocenters. The van der Waals surface area contributed by atoms with Crippen LogP contribution in [0.15, 0.2) is 30.5 Å². The Balaban J connectivity index is 2.70. The number of aromatic nitrogens is 1. The number of methoxy groups -OCH3 is 4. The van der Waals surface area contributed by atoms with Gasteiger partial charge in [-0.2, -0.15) is 0 Å². The second-order valence-electron chi connectivity index (χ2n) is 5.87. The molecule has 0 amide bonds. The van der Waals surface area contributed by atoms with Crippen LogP contribution in [-0.4, -0.2) is 56.7 Å². The van der Waals surface area contributed by atoms with Gasteiger partial charge < -0.3 is 23.3 Å². The van der Waals surface area contributed by atoms with E-state index >= 15 is 0 Å². The van der Waals surface area contributed by atoms with Gasteiger partial charge in [-0.1, -0.05) is 18.2 Å². The van der Waals surface area contributed by atoms with Crippen LogP contribution in [-0.2, 0) is 18.9 Å². The fourth-order valence-corrected chi connectivity index (χ4v) is 3.28. The van der Waals surface area contributed by atoms with Crippen molar-refractivity contribution in [2.75, 3.05) is 28.4 Å². The van der Waals surface area contributed by atoms with Crippen LogP contribution in [0, 0.1) is 0 Å². The molecule has 1 aromatic carbocycles. The van der Waals surface area contributed by atoms with Crippen LogP contribution in [0.4, 0.5) is 0 Å². The minimum atomic E-state index is -0.888. The number of rotatable bonds is 4. The summed E-state index contributed by atoms with van der Waals surface area (Å²) in [6, 6.07) is 6.66. The largest absolute Gasteiger partial charge is 0.465 e. The van der Waals surface area contributed by atoms with Gasteiger partial charge >= 0.3 is 23.9 Å². The molecule has 9 heteroatoms. The molecule has 29 heavy (non-hydrogen) atoms. The van der Waals surface area contributed by atoms with Crippen molar-refractivity contribution in [2.45, 2.75) is 0 Å². The number of benzene rings is 1. The van der Waals surface area contributed by atoms with Gasteiger partial charge in [0.25, 0.3) is 0 Å². The highest BCUT2D eigenvalue weighted by atomic mass is 16.5. The zero-order chi connectivity index (χ0) is 21.3. The second-order valence-corrected chi connectivity index (χ2v) is 5.87. The Hall–Kier alpha value is -3.88. The van der Waals surface area contributed by atoms with Gasteiger partial charge in [-0.3, -0.25) is 0 Å². The van der Waals surface area contributed by atoms with Gasteiger partial charge in [-0.15, -0.1) is 0 Å². The standard InChI is InChI=1S/C20H17NO8/c1-26-17(22)11-9-21-12-8-6-5-7-10(12)13(18(23)27-2)15(20(25)29-4)16(21)14(11)19(24)28-3/h5-9H,1-4H3. The molecule has 0 N–H and O–H groups in total. The van der Waals surface area contributed by atoms with Gasteiger partial charge in [0, 0.05) is 11.6 Å². The predicted molar refractivity (Wildman–Crippen MR) is 100 cm³/mol.